The predicted molar refractivity (Wildman–Crippen MR) is 114 cm³/mol. The maximum absolute atomic E-state index is 12.2. The molecule has 0 atom stereocenters. The molecule has 0 amide bonds. The van der Waals surface area contributed by atoms with Crippen molar-refractivity contribution in [3.63, 3.8) is 0 Å². The Hall–Kier alpha value is -1.99. The molecule has 2 aliphatic rings. The summed E-state index contributed by atoms with van der Waals surface area (Å²) >= 11 is 0. The van der Waals surface area contributed by atoms with Crippen molar-refractivity contribution in [2.24, 2.45) is 0 Å². The molecule has 4 heterocycles. The average Bonchev–Trinajstić information content (AvgIpc) is 3.10. The highest BCUT2D eigenvalue weighted by Crippen LogP contribution is 2.18. The van der Waals surface area contributed by atoms with Gasteiger partial charge in [0.05, 0.1) is 17.9 Å². The zero-order valence-corrected chi connectivity index (χ0v) is 18.1. The lowest BCUT2D eigenvalue weighted by atomic mass is 9.92. The first-order chi connectivity index (χ1) is 13.9. The highest BCUT2D eigenvalue weighted by Gasteiger charge is 2.20. The number of rotatable bonds is 5. The van der Waals surface area contributed by atoms with E-state index in [2.05, 4.69) is 46.4 Å². The van der Waals surface area contributed by atoms with Gasteiger partial charge in [-0.25, -0.2) is 4.68 Å². The van der Waals surface area contributed by atoms with E-state index in [9.17, 15) is 4.79 Å². The van der Waals surface area contributed by atoms with E-state index in [0.29, 0.717) is 6.54 Å². The van der Waals surface area contributed by atoms with Gasteiger partial charge in [-0.1, -0.05) is 20.8 Å². The van der Waals surface area contributed by atoms with Crippen LogP contribution in [0.5, 0.6) is 0 Å². The number of aryl methyl sites for hydroxylation is 2. The molecule has 2 aliphatic heterocycles. The summed E-state index contributed by atoms with van der Waals surface area (Å²) in [5.41, 5.74) is 3.52. The summed E-state index contributed by atoms with van der Waals surface area (Å²) in [4.78, 5) is 17.1. The SMILES string of the molecule is CC(C)(C)c1ccc(=O)n(CCN2CCN(Cc3cc4n(n3)CCCC4)CC2)n1. The highest BCUT2D eigenvalue weighted by molar-refractivity contribution is 5.12. The van der Waals surface area contributed by atoms with Crippen LogP contribution in [-0.2, 0) is 31.5 Å². The van der Waals surface area contributed by atoms with Gasteiger partial charge in [0.15, 0.2) is 0 Å². The van der Waals surface area contributed by atoms with Crippen molar-refractivity contribution in [3.05, 3.63) is 45.6 Å². The first-order valence-electron chi connectivity index (χ1n) is 11.0. The van der Waals surface area contributed by atoms with Crippen LogP contribution in [0.3, 0.4) is 0 Å². The van der Waals surface area contributed by atoms with Gasteiger partial charge in [-0.2, -0.15) is 10.2 Å². The fourth-order valence-electron chi connectivity index (χ4n) is 4.20. The summed E-state index contributed by atoms with van der Waals surface area (Å²) < 4.78 is 3.83. The maximum atomic E-state index is 12.2. The van der Waals surface area contributed by atoms with Crippen LogP contribution in [0.25, 0.3) is 0 Å². The van der Waals surface area contributed by atoms with Crippen LogP contribution in [0, 0.1) is 0 Å². The minimum Gasteiger partial charge on any atom is -0.299 e. The summed E-state index contributed by atoms with van der Waals surface area (Å²) in [6, 6.07) is 5.80. The third-order valence-electron chi connectivity index (χ3n) is 6.08. The predicted octanol–water partition coefficient (Wildman–Crippen LogP) is 1.89. The molecule has 1 fully saturated rings. The first-order valence-corrected chi connectivity index (χ1v) is 11.0. The van der Waals surface area contributed by atoms with Gasteiger partial charge >= 0.3 is 0 Å². The molecule has 0 saturated carbocycles. The summed E-state index contributed by atoms with van der Waals surface area (Å²) in [7, 11) is 0. The van der Waals surface area contributed by atoms with Gasteiger partial charge in [-0.3, -0.25) is 19.3 Å². The smallest absolute Gasteiger partial charge is 0.266 e. The fraction of sp³-hybridized carbons (Fsp3) is 0.682. The molecule has 2 aromatic heterocycles. The number of piperazine rings is 1. The van der Waals surface area contributed by atoms with Crippen molar-refractivity contribution in [2.75, 3.05) is 32.7 Å². The van der Waals surface area contributed by atoms with Crippen LogP contribution in [-0.4, -0.2) is 62.1 Å². The molecule has 7 heteroatoms. The van der Waals surface area contributed by atoms with Crippen LogP contribution >= 0.6 is 0 Å². The Labute approximate surface area is 173 Å². The van der Waals surface area contributed by atoms with Crippen LogP contribution in [0.2, 0.25) is 0 Å². The summed E-state index contributed by atoms with van der Waals surface area (Å²) in [5, 5.41) is 9.38. The van der Waals surface area contributed by atoms with E-state index in [0.717, 1.165) is 51.5 Å². The molecule has 0 unspecified atom stereocenters. The molecule has 7 nitrogen and oxygen atoms in total. The lowest BCUT2D eigenvalue weighted by Crippen LogP contribution is -2.47. The molecule has 158 valence electrons. The Morgan fingerprint density at radius 1 is 0.931 bits per heavy atom. The number of nitrogens with zero attached hydrogens (tertiary/aromatic N) is 6. The summed E-state index contributed by atoms with van der Waals surface area (Å²) in [5.74, 6) is 0. The zero-order chi connectivity index (χ0) is 20.4. The first kappa shape index (κ1) is 20.3. The topological polar surface area (TPSA) is 59.2 Å². The molecule has 2 aromatic rings. The zero-order valence-electron chi connectivity index (χ0n) is 18.1. The number of aromatic nitrogens is 4. The minimum absolute atomic E-state index is 0.0135. The molecule has 0 radical (unpaired) electrons. The Morgan fingerprint density at radius 2 is 1.69 bits per heavy atom. The quantitative estimate of drug-likeness (QED) is 0.770. The normalized spacial score (nSPS) is 18.7. The van der Waals surface area contributed by atoms with Crippen molar-refractivity contribution in [2.45, 2.75) is 65.1 Å². The third kappa shape index (κ3) is 4.95. The monoisotopic (exact) mass is 398 g/mol. The van der Waals surface area contributed by atoms with E-state index in [1.165, 1.54) is 30.7 Å². The van der Waals surface area contributed by atoms with E-state index >= 15 is 0 Å². The number of fused-ring (bicyclic) bond motifs is 1. The van der Waals surface area contributed by atoms with Gasteiger partial charge in [-0.05, 0) is 31.4 Å². The van der Waals surface area contributed by atoms with Crippen LogP contribution in [0.15, 0.2) is 23.0 Å². The second-order valence-electron chi connectivity index (χ2n) is 9.46. The van der Waals surface area contributed by atoms with Crippen molar-refractivity contribution >= 4 is 0 Å². The molecule has 0 spiro atoms. The molecule has 0 bridgehead atoms. The Balaban J connectivity index is 1.27. The van der Waals surface area contributed by atoms with E-state index < -0.39 is 0 Å². The molecule has 29 heavy (non-hydrogen) atoms. The third-order valence-corrected chi connectivity index (χ3v) is 6.08. The van der Waals surface area contributed by atoms with E-state index in [1.54, 1.807) is 10.7 Å². The van der Waals surface area contributed by atoms with Crippen LogP contribution in [0.1, 0.15) is 50.7 Å². The lowest BCUT2D eigenvalue weighted by molar-refractivity contribution is 0.121. The Kier molecular flexibility index (Phi) is 5.88. The molecule has 4 rings (SSSR count). The maximum Gasteiger partial charge on any atom is 0.266 e. The molecule has 0 N–H and O–H groups in total. The van der Waals surface area contributed by atoms with Crippen molar-refractivity contribution in [3.8, 4) is 0 Å². The van der Waals surface area contributed by atoms with Gasteiger partial charge in [0, 0.05) is 63.0 Å². The standard InChI is InChI=1S/C22H34N6O/c1-22(2,3)20-7-8-21(29)28(24-20)15-14-25-10-12-26(13-11-25)17-18-16-19-6-4-5-9-27(19)23-18/h7-8,16H,4-6,9-15,17H2,1-3H3. The number of hydrogen-bond acceptors (Lipinski definition) is 5. The molecule has 1 saturated heterocycles. The second kappa shape index (κ2) is 8.40. The van der Waals surface area contributed by atoms with Crippen molar-refractivity contribution in [1.29, 1.82) is 0 Å². The van der Waals surface area contributed by atoms with E-state index in [-0.39, 0.29) is 11.0 Å². The lowest BCUT2D eigenvalue weighted by Gasteiger charge is -2.34. The Bertz CT molecular complexity index is 862. The van der Waals surface area contributed by atoms with Crippen LogP contribution < -0.4 is 5.56 Å². The highest BCUT2D eigenvalue weighted by atomic mass is 16.1. The molecule has 0 aromatic carbocycles. The van der Waals surface area contributed by atoms with Gasteiger partial charge in [0.25, 0.3) is 5.56 Å². The molecular weight excluding hydrogens is 364 g/mol. The number of hydrogen-bond donors (Lipinski definition) is 0. The average molecular weight is 399 g/mol. The van der Waals surface area contributed by atoms with E-state index in [1.807, 2.05) is 6.07 Å². The van der Waals surface area contributed by atoms with Crippen molar-refractivity contribution < 1.29 is 0 Å². The molecule has 0 aliphatic carbocycles. The second-order valence-corrected chi connectivity index (χ2v) is 9.46. The van der Waals surface area contributed by atoms with E-state index in [4.69, 9.17) is 5.10 Å². The van der Waals surface area contributed by atoms with Gasteiger partial charge in [0.1, 0.15) is 0 Å². The van der Waals surface area contributed by atoms with Gasteiger partial charge in [-0.15, -0.1) is 0 Å². The van der Waals surface area contributed by atoms with Crippen molar-refractivity contribution in [1.82, 2.24) is 29.4 Å². The van der Waals surface area contributed by atoms with Gasteiger partial charge < -0.3 is 0 Å². The summed E-state index contributed by atoms with van der Waals surface area (Å²) in [6.45, 7) is 14.1. The Morgan fingerprint density at radius 3 is 2.41 bits per heavy atom. The summed E-state index contributed by atoms with van der Waals surface area (Å²) in [6.07, 6.45) is 3.72. The minimum atomic E-state index is -0.0482. The molecular formula is C22H34N6O. The largest absolute Gasteiger partial charge is 0.299 e. The van der Waals surface area contributed by atoms with Gasteiger partial charge in [0.2, 0.25) is 0 Å². The fourth-order valence-corrected chi connectivity index (χ4v) is 4.20. The van der Waals surface area contributed by atoms with Crippen LogP contribution in [0.4, 0.5) is 0 Å².